The first-order valence-electron chi connectivity index (χ1n) is 11.5. The van der Waals surface area contributed by atoms with Gasteiger partial charge in [0.1, 0.15) is 5.58 Å². The number of rotatable bonds is 8. The van der Waals surface area contributed by atoms with Crippen LogP contribution in [0.25, 0.3) is 21.7 Å². The van der Waals surface area contributed by atoms with Gasteiger partial charge in [-0.15, -0.1) is 0 Å². The summed E-state index contributed by atoms with van der Waals surface area (Å²) in [5.41, 5.74) is 3.47. The fourth-order valence-electron chi connectivity index (χ4n) is 4.24. The zero-order chi connectivity index (χ0) is 24.1. The number of pyridine rings is 1. The first kappa shape index (κ1) is 23.3. The Morgan fingerprint density at radius 2 is 1.88 bits per heavy atom. The smallest absolute Gasteiger partial charge is 0.407 e. The first-order valence-corrected chi connectivity index (χ1v) is 11.5. The molecule has 34 heavy (non-hydrogen) atoms. The molecule has 7 heteroatoms. The summed E-state index contributed by atoms with van der Waals surface area (Å²) >= 11 is 0. The van der Waals surface area contributed by atoms with Crippen molar-refractivity contribution in [2.45, 2.75) is 33.7 Å². The number of hydrogen-bond acceptors (Lipinski definition) is 6. The number of ether oxygens (including phenoxy) is 1. The van der Waals surface area contributed by atoms with E-state index in [1.54, 1.807) is 12.4 Å². The lowest BCUT2D eigenvalue weighted by Gasteiger charge is -2.21. The molecule has 7 nitrogen and oxygen atoms in total. The lowest BCUT2D eigenvalue weighted by Crippen LogP contribution is -2.25. The van der Waals surface area contributed by atoms with Crippen molar-refractivity contribution in [1.29, 1.82) is 0 Å². The van der Waals surface area contributed by atoms with E-state index < -0.39 is 11.7 Å². The Hall–Kier alpha value is -3.87. The minimum Gasteiger partial charge on any atom is -0.449 e. The number of aryl methyl sites for hydroxylation is 1. The number of alkyl carbamates (subject to hydrolysis) is 1. The summed E-state index contributed by atoms with van der Waals surface area (Å²) in [7, 11) is 0. The van der Waals surface area contributed by atoms with Gasteiger partial charge in [-0.1, -0.05) is 24.3 Å². The molecule has 0 bridgehead atoms. The molecule has 4 aromatic rings. The van der Waals surface area contributed by atoms with Crippen molar-refractivity contribution in [2.75, 3.05) is 24.6 Å². The van der Waals surface area contributed by atoms with Crippen LogP contribution in [0, 0.1) is 6.92 Å². The van der Waals surface area contributed by atoms with Gasteiger partial charge in [-0.2, -0.15) is 0 Å². The van der Waals surface area contributed by atoms with Crippen LogP contribution in [-0.4, -0.2) is 30.8 Å². The number of aromatic nitrogens is 1. The van der Waals surface area contributed by atoms with Gasteiger partial charge in [0.15, 0.2) is 0 Å². The van der Waals surface area contributed by atoms with E-state index in [4.69, 9.17) is 9.15 Å². The molecule has 1 N–H and O–H groups in total. The first-order chi connectivity index (χ1) is 16.5. The van der Waals surface area contributed by atoms with Gasteiger partial charge in [0.2, 0.25) is 0 Å². The number of nitrogens with one attached hydrogen (secondary N) is 1. The van der Waals surface area contributed by atoms with E-state index in [0.29, 0.717) is 17.7 Å². The molecule has 1 amide bonds. The third kappa shape index (κ3) is 4.88. The third-order valence-electron chi connectivity index (χ3n) is 6.16. The van der Waals surface area contributed by atoms with Gasteiger partial charge in [0.05, 0.1) is 6.61 Å². The molecule has 4 rings (SSSR count). The Morgan fingerprint density at radius 1 is 1.09 bits per heavy atom. The molecule has 176 valence electrons. The minimum atomic E-state index is -0.542. The predicted molar refractivity (Wildman–Crippen MR) is 134 cm³/mol. The molecular formula is C27H29N3O4. The van der Waals surface area contributed by atoms with Crippen LogP contribution in [0.4, 0.5) is 10.5 Å². The van der Waals surface area contributed by atoms with Gasteiger partial charge in [0.25, 0.3) is 0 Å². The second-order valence-corrected chi connectivity index (χ2v) is 8.11. The molecule has 0 unspecified atom stereocenters. The van der Waals surface area contributed by atoms with Crippen molar-refractivity contribution in [3.63, 3.8) is 0 Å². The van der Waals surface area contributed by atoms with E-state index in [0.717, 1.165) is 46.1 Å². The van der Waals surface area contributed by atoms with Crippen molar-refractivity contribution in [3.05, 3.63) is 82.0 Å². The largest absolute Gasteiger partial charge is 0.449 e. The van der Waals surface area contributed by atoms with Crippen LogP contribution < -0.4 is 15.8 Å². The molecule has 0 radical (unpaired) electrons. The lowest BCUT2D eigenvalue weighted by molar-refractivity contribution is 0.146. The van der Waals surface area contributed by atoms with Crippen molar-refractivity contribution >= 4 is 33.5 Å². The molecule has 0 aliphatic carbocycles. The van der Waals surface area contributed by atoms with E-state index in [2.05, 4.69) is 29.0 Å². The SMILES string of the molecule is CCN(CC)c1ccc2c(C)c(CCOC(=O)NCc3cncc4ccccc34)c(=O)oc2c1. The number of carbonyl (C=O) groups excluding carboxylic acids is 1. The second-order valence-electron chi connectivity index (χ2n) is 8.11. The Morgan fingerprint density at radius 3 is 2.68 bits per heavy atom. The number of benzene rings is 2. The summed E-state index contributed by atoms with van der Waals surface area (Å²) in [4.78, 5) is 31.3. The highest BCUT2D eigenvalue weighted by atomic mass is 16.5. The number of carbonyl (C=O) groups is 1. The molecule has 0 saturated carbocycles. The summed E-state index contributed by atoms with van der Waals surface area (Å²) in [6, 6.07) is 13.8. The monoisotopic (exact) mass is 459 g/mol. The number of fused-ring (bicyclic) bond motifs is 2. The number of anilines is 1. The minimum absolute atomic E-state index is 0.0776. The molecule has 0 fully saturated rings. The maximum absolute atomic E-state index is 12.6. The zero-order valence-corrected chi connectivity index (χ0v) is 19.8. The van der Waals surface area contributed by atoms with Crippen LogP contribution in [0.1, 0.15) is 30.5 Å². The van der Waals surface area contributed by atoms with E-state index in [-0.39, 0.29) is 13.0 Å². The Balaban J connectivity index is 1.39. The Kier molecular flexibility index (Phi) is 7.11. The highest BCUT2D eigenvalue weighted by molar-refractivity contribution is 5.85. The van der Waals surface area contributed by atoms with Gasteiger partial charge in [0, 0.05) is 66.5 Å². The topological polar surface area (TPSA) is 84.7 Å². The summed E-state index contributed by atoms with van der Waals surface area (Å²) in [6.45, 7) is 8.22. The normalized spacial score (nSPS) is 11.0. The summed E-state index contributed by atoms with van der Waals surface area (Å²) in [5.74, 6) is 0. The molecular weight excluding hydrogens is 430 g/mol. The van der Waals surface area contributed by atoms with Gasteiger partial charge >= 0.3 is 11.7 Å². The molecule has 2 aromatic carbocycles. The number of amides is 1. The van der Waals surface area contributed by atoms with Gasteiger partial charge in [-0.25, -0.2) is 9.59 Å². The number of nitrogens with zero attached hydrogens (tertiary/aromatic N) is 2. The quantitative estimate of drug-likeness (QED) is 0.375. The second kappa shape index (κ2) is 10.4. The van der Waals surface area contributed by atoms with Crippen LogP contribution in [-0.2, 0) is 17.7 Å². The molecule has 0 atom stereocenters. The van der Waals surface area contributed by atoms with E-state index in [9.17, 15) is 9.59 Å². The van der Waals surface area contributed by atoms with Crippen molar-refractivity contribution in [3.8, 4) is 0 Å². The van der Waals surface area contributed by atoms with Crippen LogP contribution in [0.5, 0.6) is 0 Å². The van der Waals surface area contributed by atoms with Crippen LogP contribution in [0.15, 0.2) is 64.1 Å². The lowest BCUT2D eigenvalue weighted by atomic mass is 10.0. The van der Waals surface area contributed by atoms with E-state index >= 15 is 0 Å². The molecule has 0 spiro atoms. The Bertz CT molecular complexity index is 1370. The molecule has 2 aromatic heterocycles. The number of hydrogen-bond donors (Lipinski definition) is 1. The van der Waals surface area contributed by atoms with Crippen LogP contribution in [0.2, 0.25) is 0 Å². The molecule has 2 heterocycles. The highest BCUT2D eigenvalue weighted by Crippen LogP contribution is 2.25. The fourth-order valence-corrected chi connectivity index (χ4v) is 4.24. The fraction of sp³-hybridized carbons (Fsp3) is 0.296. The van der Waals surface area contributed by atoms with Gasteiger partial charge in [-0.05, 0) is 49.4 Å². The van der Waals surface area contributed by atoms with E-state index in [1.807, 2.05) is 49.4 Å². The standard InChI is InChI=1S/C27H29N3O4/c1-4-30(5-2)21-10-11-22-18(3)23(26(31)34-25(22)14-21)12-13-33-27(32)29-17-20-16-28-15-19-8-6-7-9-24(19)20/h6-11,14-16H,4-5,12-13,17H2,1-3H3,(H,29,32). The molecule has 0 aliphatic rings. The zero-order valence-electron chi connectivity index (χ0n) is 19.8. The highest BCUT2D eigenvalue weighted by Gasteiger charge is 2.14. The average molecular weight is 460 g/mol. The molecule has 0 saturated heterocycles. The maximum atomic E-state index is 12.6. The summed E-state index contributed by atoms with van der Waals surface area (Å²) in [6.07, 6.45) is 3.27. The maximum Gasteiger partial charge on any atom is 0.407 e. The van der Waals surface area contributed by atoms with Gasteiger partial charge < -0.3 is 19.4 Å². The van der Waals surface area contributed by atoms with Crippen molar-refractivity contribution < 1.29 is 13.9 Å². The predicted octanol–water partition coefficient (Wildman–Crippen LogP) is 4.96. The summed E-state index contributed by atoms with van der Waals surface area (Å²) in [5, 5.41) is 5.69. The van der Waals surface area contributed by atoms with E-state index in [1.165, 1.54) is 0 Å². The van der Waals surface area contributed by atoms with Crippen molar-refractivity contribution in [2.24, 2.45) is 0 Å². The Labute approximate surface area is 198 Å². The molecule has 0 aliphatic heterocycles. The summed E-state index contributed by atoms with van der Waals surface area (Å²) < 4.78 is 10.9. The van der Waals surface area contributed by atoms with Gasteiger partial charge in [-0.3, -0.25) is 4.98 Å². The van der Waals surface area contributed by atoms with Crippen LogP contribution in [0.3, 0.4) is 0 Å². The van der Waals surface area contributed by atoms with Crippen molar-refractivity contribution in [1.82, 2.24) is 10.3 Å². The third-order valence-corrected chi connectivity index (χ3v) is 6.16. The van der Waals surface area contributed by atoms with Crippen LogP contribution >= 0.6 is 0 Å². The average Bonchev–Trinajstić information content (AvgIpc) is 2.85.